The molecule has 0 spiro atoms. The molecule has 1 aliphatic carbocycles. The molecule has 144 valence electrons. The van der Waals surface area contributed by atoms with E-state index in [0.29, 0.717) is 41.9 Å². The lowest BCUT2D eigenvalue weighted by molar-refractivity contribution is -0.121. The topological polar surface area (TPSA) is 93.2 Å². The predicted octanol–water partition coefficient (Wildman–Crippen LogP) is 2.68. The van der Waals surface area contributed by atoms with Crippen LogP contribution in [0.3, 0.4) is 0 Å². The van der Waals surface area contributed by atoms with Crippen LogP contribution < -0.4 is 10.9 Å². The number of amides is 1. The molecule has 0 bridgehead atoms. The summed E-state index contributed by atoms with van der Waals surface area (Å²) < 4.78 is 6.42. The van der Waals surface area contributed by atoms with Gasteiger partial charge in [-0.3, -0.25) is 14.2 Å². The number of carbonyl (C=O) groups excluding carboxylic acids is 2. The van der Waals surface area contributed by atoms with Crippen molar-refractivity contribution in [3.05, 3.63) is 38.9 Å². The third kappa shape index (κ3) is 4.44. The number of nitrogens with one attached hydrogen (secondary N) is 2. The van der Waals surface area contributed by atoms with Crippen molar-refractivity contribution in [3.63, 3.8) is 0 Å². The van der Waals surface area contributed by atoms with E-state index in [2.05, 4.69) is 10.3 Å². The lowest BCUT2D eigenvalue weighted by Gasteiger charge is -2.12. The Morgan fingerprint density at radius 2 is 2.07 bits per heavy atom. The largest absolute Gasteiger partial charge is 0.465 e. The number of rotatable bonds is 6. The zero-order valence-corrected chi connectivity index (χ0v) is 16.1. The molecule has 2 N–H and O–H groups in total. The van der Waals surface area contributed by atoms with Crippen LogP contribution in [-0.2, 0) is 16.1 Å². The second-order valence-electron chi connectivity index (χ2n) is 6.79. The van der Waals surface area contributed by atoms with Crippen LogP contribution in [0.15, 0.2) is 23.0 Å². The van der Waals surface area contributed by atoms with E-state index in [9.17, 15) is 14.4 Å². The van der Waals surface area contributed by atoms with Crippen molar-refractivity contribution in [2.24, 2.45) is 0 Å². The Morgan fingerprint density at radius 1 is 1.33 bits per heavy atom. The summed E-state index contributed by atoms with van der Waals surface area (Å²) in [4.78, 5) is 39.4. The van der Waals surface area contributed by atoms with Gasteiger partial charge in [-0.15, -0.1) is 0 Å². The first-order chi connectivity index (χ1) is 13.0. The van der Waals surface area contributed by atoms with Crippen LogP contribution >= 0.6 is 12.2 Å². The zero-order valence-electron chi connectivity index (χ0n) is 15.2. The minimum Gasteiger partial charge on any atom is -0.465 e. The van der Waals surface area contributed by atoms with E-state index in [4.69, 9.17) is 17.0 Å². The van der Waals surface area contributed by atoms with E-state index in [-0.39, 0.29) is 16.2 Å². The number of methoxy groups -OCH3 is 1. The number of hydrogen-bond acceptors (Lipinski definition) is 5. The highest BCUT2D eigenvalue weighted by Gasteiger charge is 2.17. The molecule has 8 heteroatoms. The lowest BCUT2D eigenvalue weighted by Crippen LogP contribution is -2.32. The fraction of sp³-hybridized carbons (Fsp3) is 0.474. The van der Waals surface area contributed by atoms with Gasteiger partial charge in [0.1, 0.15) is 0 Å². The fourth-order valence-electron chi connectivity index (χ4n) is 3.47. The van der Waals surface area contributed by atoms with Gasteiger partial charge >= 0.3 is 5.97 Å². The number of hydrogen-bond donors (Lipinski definition) is 2. The molecule has 3 rings (SSSR count). The molecule has 0 aliphatic heterocycles. The summed E-state index contributed by atoms with van der Waals surface area (Å²) in [6, 6.07) is 4.98. The minimum atomic E-state index is -0.478. The summed E-state index contributed by atoms with van der Waals surface area (Å²) in [7, 11) is 1.30. The van der Waals surface area contributed by atoms with Gasteiger partial charge in [-0.1, -0.05) is 12.8 Å². The van der Waals surface area contributed by atoms with Gasteiger partial charge in [-0.25, -0.2) is 4.79 Å². The standard InChI is InChI=1S/C19H23N3O4S/c1-26-18(25)12-8-9-14-15(11-12)21-19(27)22(17(14)24)10-4-7-16(23)20-13-5-2-3-6-13/h8-9,11,13H,2-7,10H2,1H3,(H,20,23)(H,21,27). The van der Waals surface area contributed by atoms with Gasteiger partial charge < -0.3 is 15.0 Å². The van der Waals surface area contributed by atoms with E-state index >= 15 is 0 Å². The predicted molar refractivity (Wildman–Crippen MR) is 104 cm³/mol. The Kier molecular flexibility index (Phi) is 6.05. The molecule has 0 unspecified atom stereocenters. The highest BCUT2D eigenvalue weighted by atomic mass is 32.1. The Balaban J connectivity index is 1.71. The summed E-state index contributed by atoms with van der Waals surface area (Å²) >= 11 is 5.29. The second kappa shape index (κ2) is 8.47. The van der Waals surface area contributed by atoms with Crippen molar-refractivity contribution in [1.29, 1.82) is 0 Å². The first-order valence-corrected chi connectivity index (χ1v) is 9.55. The Hall–Kier alpha value is -2.48. The highest BCUT2D eigenvalue weighted by molar-refractivity contribution is 7.71. The summed E-state index contributed by atoms with van der Waals surface area (Å²) in [6.45, 7) is 0.362. The molecule has 1 fully saturated rings. The molecule has 1 saturated carbocycles. The van der Waals surface area contributed by atoms with Gasteiger partial charge in [0.15, 0.2) is 4.77 Å². The third-order valence-electron chi connectivity index (χ3n) is 4.91. The van der Waals surface area contributed by atoms with Crippen LogP contribution in [0.5, 0.6) is 0 Å². The van der Waals surface area contributed by atoms with Gasteiger partial charge in [0.2, 0.25) is 5.91 Å². The van der Waals surface area contributed by atoms with Crippen LogP contribution in [-0.4, -0.2) is 34.6 Å². The molecule has 1 amide bonds. The van der Waals surface area contributed by atoms with E-state index < -0.39 is 5.97 Å². The number of aromatic amines is 1. The molecular weight excluding hydrogens is 366 g/mol. The normalized spacial score (nSPS) is 14.4. The van der Waals surface area contributed by atoms with Gasteiger partial charge in [0, 0.05) is 19.0 Å². The number of fused-ring (bicyclic) bond motifs is 1. The van der Waals surface area contributed by atoms with Crippen molar-refractivity contribution in [2.75, 3.05) is 7.11 Å². The SMILES string of the molecule is COC(=O)c1ccc2c(=O)n(CCCC(=O)NC3CCCC3)c(=S)[nH]c2c1. The maximum absolute atomic E-state index is 12.7. The van der Waals surface area contributed by atoms with E-state index in [1.807, 2.05) is 0 Å². The average molecular weight is 389 g/mol. The fourth-order valence-corrected chi connectivity index (χ4v) is 3.75. The molecule has 1 heterocycles. The molecule has 0 atom stereocenters. The Labute approximate surface area is 161 Å². The molecule has 0 saturated heterocycles. The summed E-state index contributed by atoms with van der Waals surface area (Å²) in [5, 5.41) is 3.48. The number of H-pyrrole nitrogens is 1. The molecule has 1 aliphatic rings. The third-order valence-corrected chi connectivity index (χ3v) is 5.23. The Morgan fingerprint density at radius 3 is 2.78 bits per heavy atom. The van der Waals surface area contributed by atoms with Gasteiger partial charge in [-0.2, -0.15) is 0 Å². The van der Waals surface area contributed by atoms with Crippen LogP contribution in [0.2, 0.25) is 0 Å². The molecule has 1 aromatic heterocycles. The molecular formula is C19H23N3O4S. The summed E-state index contributed by atoms with van der Waals surface area (Å²) in [6.07, 6.45) is 5.33. The smallest absolute Gasteiger partial charge is 0.337 e. The van der Waals surface area contributed by atoms with Crippen LogP contribution in [0.25, 0.3) is 10.9 Å². The molecule has 0 radical (unpaired) electrons. The maximum atomic E-state index is 12.7. The number of benzene rings is 1. The van der Waals surface area contributed by atoms with Gasteiger partial charge in [-0.05, 0) is 49.7 Å². The van der Waals surface area contributed by atoms with Gasteiger partial charge in [0.25, 0.3) is 5.56 Å². The number of nitrogens with zero attached hydrogens (tertiary/aromatic N) is 1. The first-order valence-electron chi connectivity index (χ1n) is 9.14. The number of carbonyl (C=O) groups is 2. The molecule has 2 aromatic rings. The van der Waals surface area contributed by atoms with E-state index in [1.165, 1.54) is 24.5 Å². The monoisotopic (exact) mass is 389 g/mol. The summed E-state index contributed by atoms with van der Waals surface area (Å²) in [5.41, 5.74) is 0.598. The van der Waals surface area contributed by atoms with Crippen LogP contribution in [0.4, 0.5) is 0 Å². The zero-order chi connectivity index (χ0) is 19.4. The molecule has 1 aromatic carbocycles. The van der Waals surface area contributed by atoms with Crippen molar-refractivity contribution >= 4 is 35.0 Å². The lowest BCUT2D eigenvalue weighted by atomic mass is 10.1. The molecule has 7 nitrogen and oxygen atoms in total. The van der Waals surface area contributed by atoms with Crippen LogP contribution in [0.1, 0.15) is 48.9 Å². The van der Waals surface area contributed by atoms with Crippen molar-refractivity contribution in [1.82, 2.24) is 14.9 Å². The number of ether oxygens (including phenoxy) is 1. The van der Waals surface area contributed by atoms with Gasteiger partial charge in [0.05, 0.1) is 23.6 Å². The quantitative estimate of drug-likeness (QED) is 0.585. The van der Waals surface area contributed by atoms with E-state index in [1.54, 1.807) is 18.2 Å². The summed E-state index contributed by atoms with van der Waals surface area (Å²) in [5.74, 6) is -0.456. The average Bonchev–Trinajstić information content (AvgIpc) is 3.16. The maximum Gasteiger partial charge on any atom is 0.337 e. The van der Waals surface area contributed by atoms with Crippen molar-refractivity contribution in [3.8, 4) is 0 Å². The van der Waals surface area contributed by atoms with Crippen molar-refractivity contribution < 1.29 is 14.3 Å². The molecule has 27 heavy (non-hydrogen) atoms. The second-order valence-corrected chi connectivity index (χ2v) is 7.18. The number of esters is 1. The van der Waals surface area contributed by atoms with Crippen LogP contribution in [0, 0.1) is 4.77 Å². The first kappa shape index (κ1) is 19.3. The highest BCUT2D eigenvalue weighted by Crippen LogP contribution is 2.17. The van der Waals surface area contributed by atoms with E-state index in [0.717, 1.165) is 12.8 Å². The number of aromatic nitrogens is 2. The Bertz CT molecular complexity index is 973. The minimum absolute atomic E-state index is 0.0216. The van der Waals surface area contributed by atoms with Crippen molar-refractivity contribution in [2.45, 2.75) is 51.1 Å².